The maximum Gasteiger partial charge on any atom is 0.335 e. The molecule has 1 aromatic rings. The van der Waals surface area contributed by atoms with Gasteiger partial charge in [-0.25, -0.2) is 9.59 Å². The molecule has 1 aromatic heterocycles. The van der Waals surface area contributed by atoms with Gasteiger partial charge in [0.05, 0.1) is 11.3 Å². The van der Waals surface area contributed by atoms with Gasteiger partial charge in [-0.2, -0.15) is 0 Å². The number of carbonyl (C=O) groups is 3. The summed E-state index contributed by atoms with van der Waals surface area (Å²) in [5.74, 6) is -2.15. The van der Waals surface area contributed by atoms with Crippen molar-refractivity contribution in [2.75, 3.05) is 33.7 Å². The highest BCUT2D eigenvalue weighted by Crippen LogP contribution is 2.11. The van der Waals surface area contributed by atoms with Crippen LogP contribution < -0.4 is 5.32 Å². The van der Waals surface area contributed by atoms with Gasteiger partial charge in [-0.15, -0.1) is 0 Å². The van der Waals surface area contributed by atoms with Gasteiger partial charge in [0, 0.05) is 32.4 Å². The van der Waals surface area contributed by atoms with Gasteiger partial charge in [0.2, 0.25) is 0 Å². The zero-order chi connectivity index (χ0) is 22.2. The van der Waals surface area contributed by atoms with Crippen LogP contribution in [0.2, 0.25) is 0 Å². The molecule has 0 saturated carbocycles. The van der Waals surface area contributed by atoms with Crippen molar-refractivity contribution < 1.29 is 24.2 Å². The van der Waals surface area contributed by atoms with Gasteiger partial charge in [0.1, 0.15) is 5.60 Å². The number of hydrogen-bond donors (Lipinski definition) is 2. The highest BCUT2D eigenvalue weighted by atomic mass is 16.6. The minimum Gasteiger partial charge on any atom is -0.478 e. The van der Waals surface area contributed by atoms with E-state index in [1.807, 2.05) is 25.9 Å². The van der Waals surface area contributed by atoms with E-state index in [4.69, 9.17) is 9.84 Å². The molecular formula is C20H32N4O5. The zero-order valence-corrected chi connectivity index (χ0v) is 18.1. The quantitative estimate of drug-likeness (QED) is 0.435. The van der Waals surface area contributed by atoms with Crippen LogP contribution in [-0.2, 0) is 20.9 Å². The number of aromatic nitrogens is 1. The normalized spacial score (nSPS) is 12.5. The Balaban J connectivity index is 3.01. The summed E-state index contributed by atoms with van der Waals surface area (Å²) < 4.78 is 5.42. The third-order valence-electron chi connectivity index (χ3n) is 3.95. The van der Waals surface area contributed by atoms with Crippen molar-refractivity contribution in [3.8, 4) is 0 Å². The number of ether oxygens (including phenoxy) is 1. The Hall–Kier alpha value is -2.52. The molecular weight excluding hydrogens is 376 g/mol. The lowest BCUT2D eigenvalue weighted by atomic mass is 10.1. The molecule has 0 radical (unpaired) electrons. The number of esters is 1. The molecule has 0 aliphatic heterocycles. The van der Waals surface area contributed by atoms with Crippen molar-refractivity contribution in [1.29, 1.82) is 0 Å². The van der Waals surface area contributed by atoms with Gasteiger partial charge in [-0.1, -0.05) is 0 Å². The number of hydrogen-bond acceptors (Lipinski definition) is 7. The highest BCUT2D eigenvalue weighted by molar-refractivity contribution is 6.02. The van der Waals surface area contributed by atoms with Crippen LogP contribution in [0.1, 0.15) is 43.7 Å². The summed E-state index contributed by atoms with van der Waals surface area (Å²) in [6.07, 6.45) is 1.38. The van der Waals surface area contributed by atoms with Crippen molar-refractivity contribution in [2.45, 2.75) is 45.9 Å². The molecule has 0 aliphatic carbocycles. The van der Waals surface area contributed by atoms with Crippen molar-refractivity contribution in [2.24, 2.45) is 0 Å². The number of carboxylic acid groups (broad SMARTS) is 1. The molecule has 0 aromatic carbocycles. The Morgan fingerprint density at radius 1 is 1.24 bits per heavy atom. The molecule has 0 fully saturated rings. The Morgan fingerprint density at radius 3 is 2.41 bits per heavy atom. The van der Waals surface area contributed by atoms with Gasteiger partial charge < -0.3 is 19.6 Å². The number of nitrogens with zero attached hydrogens (tertiary/aromatic N) is 3. The fraction of sp³-hybridized carbons (Fsp3) is 0.600. The Kier molecular flexibility index (Phi) is 9.19. The van der Waals surface area contributed by atoms with E-state index in [2.05, 4.69) is 10.3 Å². The number of amides is 1. The first-order chi connectivity index (χ1) is 13.4. The van der Waals surface area contributed by atoms with E-state index in [0.29, 0.717) is 25.3 Å². The lowest BCUT2D eigenvalue weighted by molar-refractivity contribution is -0.161. The van der Waals surface area contributed by atoms with Gasteiger partial charge >= 0.3 is 11.9 Å². The monoisotopic (exact) mass is 408 g/mol. The smallest absolute Gasteiger partial charge is 0.335 e. The number of carboxylic acids is 1. The summed E-state index contributed by atoms with van der Waals surface area (Å²) >= 11 is 0. The fourth-order valence-corrected chi connectivity index (χ4v) is 2.47. The van der Waals surface area contributed by atoms with Crippen molar-refractivity contribution in [1.82, 2.24) is 20.1 Å². The molecule has 1 unspecified atom stereocenters. The molecule has 0 aliphatic rings. The Morgan fingerprint density at radius 2 is 1.90 bits per heavy atom. The molecule has 0 bridgehead atoms. The van der Waals surface area contributed by atoms with Crippen molar-refractivity contribution in [3.63, 3.8) is 0 Å². The number of nitrogens with one attached hydrogen (secondary N) is 1. The second-order valence-electron chi connectivity index (χ2n) is 7.91. The SMILES string of the molecule is CCN(CCN(C)C)C(=O)C(NCc1cc(C(=O)O)ccn1)C(=O)OC(C)(C)C. The second-order valence-corrected chi connectivity index (χ2v) is 7.91. The van der Waals surface area contributed by atoms with Crippen molar-refractivity contribution in [3.05, 3.63) is 29.6 Å². The second kappa shape index (κ2) is 10.9. The third-order valence-corrected chi connectivity index (χ3v) is 3.95. The number of carbonyl (C=O) groups excluding carboxylic acids is 2. The number of rotatable bonds is 10. The van der Waals surface area contributed by atoms with E-state index in [0.717, 1.165) is 0 Å². The third kappa shape index (κ3) is 8.57. The molecule has 1 heterocycles. The largest absolute Gasteiger partial charge is 0.478 e. The molecule has 0 spiro atoms. The Bertz CT molecular complexity index is 715. The first kappa shape index (κ1) is 24.5. The van der Waals surface area contributed by atoms with Crippen LogP contribution in [-0.4, -0.2) is 83.1 Å². The first-order valence-electron chi connectivity index (χ1n) is 9.52. The topological polar surface area (TPSA) is 112 Å². The van der Waals surface area contributed by atoms with E-state index in [1.54, 1.807) is 25.7 Å². The zero-order valence-electron chi connectivity index (χ0n) is 18.1. The molecule has 162 valence electrons. The summed E-state index contributed by atoms with van der Waals surface area (Å²) in [4.78, 5) is 44.5. The molecule has 1 amide bonds. The first-order valence-corrected chi connectivity index (χ1v) is 9.52. The van der Waals surface area contributed by atoms with Crippen LogP contribution >= 0.6 is 0 Å². The molecule has 0 saturated heterocycles. The van der Waals surface area contributed by atoms with Crippen LogP contribution in [0.3, 0.4) is 0 Å². The van der Waals surface area contributed by atoms with Crippen molar-refractivity contribution >= 4 is 17.8 Å². The van der Waals surface area contributed by atoms with Crippen LogP contribution in [0, 0.1) is 0 Å². The van der Waals surface area contributed by atoms with E-state index in [9.17, 15) is 14.4 Å². The minimum absolute atomic E-state index is 0.0437. The fourth-order valence-electron chi connectivity index (χ4n) is 2.47. The standard InChI is InChI=1S/C20H32N4O5/c1-7-24(11-10-23(5)6)17(25)16(19(28)29-20(2,3)4)22-13-15-12-14(18(26)27)8-9-21-15/h8-9,12,16,22H,7,10-11,13H2,1-6H3,(H,26,27). The maximum absolute atomic E-state index is 13.0. The van der Waals surface area contributed by atoms with E-state index in [1.165, 1.54) is 18.3 Å². The van der Waals surface area contributed by atoms with Gasteiger partial charge in [-0.3, -0.25) is 15.1 Å². The summed E-state index contributed by atoms with van der Waals surface area (Å²) in [5, 5.41) is 12.0. The van der Waals surface area contributed by atoms with Gasteiger partial charge in [0.15, 0.2) is 6.04 Å². The van der Waals surface area contributed by atoms with Gasteiger partial charge in [0.25, 0.3) is 5.91 Å². The molecule has 2 N–H and O–H groups in total. The highest BCUT2D eigenvalue weighted by Gasteiger charge is 2.33. The number of aromatic carboxylic acids is 1. The van der Waals surface area contributed by atoms with Crippen LogP contribution in [0.15, 0.2) is 18.3 Å². The van der Waals surface area contributed by atoms with E-state index < -0.39 is 29.5 Å². The van der Waals surface area contributed by atoms with Crippen LogP contribution in [0.4, 0.5) is 0 Å². The van der Waals surface area contributed by atoms with Crippen LogP contribution in [0.5, 0.6) is 0 Å². The predicted octanol–water partition coefficient (Wildman–Crippen LogP) is 0.990. The molecule has 9 nitrogen and oxygen atoms in total. The van der Waals surface area contributed by atoms with Crippen LogP contribution in [0.25, 0.3) is 0 Å². The maximum atomic E-state index is 13.0. The molecule has 9 heteroatoms. The molecule has 1 atom stereocenters. The summed E-state index contributed by atoms with van der Waals surface area (Å²) in [6, 6.07) is 1.56. The predicted molar refractivity (Wildman–Crippen MR) is 108 cm³/mol. The lowest BCUT2D eigenvalue weighted by Crippen LogP contribution is -2.53. The summed E-state index contributed by atoms with van der Waals surface area (Å²) in [6.45, 7) is 8.65. The van der Waals surface area contributed by atoms with Gasteiger partial charge in [-0.05, 0) is 53.9 Å². The minimum atomic E-state index is -1.22. The number of pyridine rings is 1. The Labute approximate surface area is 172 Å². The molecule has 1 rings (SSSR count). The lowest BCUT2D eigenvalue weighted by Gasteiger charge is -2.29. The average Bonchev–Trinajstić information content (AvgIpc) is 2.60. The summed E-state index contributed by atoms with van der Waals surface area (Å²) in [7, 11) is 3.81. The molecule has 29 heavy (non-hydrogen) atoms. The summed E-state index contributed by atoms with van der Waals surface area (Å²) in [5.41, 5.74) is -0.264. The van der Waals surface area contributed by atoms with E-state index >= 15 is 0 Å². The number of likely N-dealkylation sites (N-methyl/N-ethyl adjacent to an activating group) is 2. The van der Waals surface area contributed by atoms with E-state index in [-0.39, 0.29) is 12.1 Å². The average molecular weight is 408 g/mol.